The zero-order valence-electron chi connectivity index (χ0n) is 15.4. The molecule has 3 aliphatic rings. The molecule has 2 nitrogen and oxygen atoms in total. The third-order valence-corrected chi connectivity index (χ3v) is 4.98. The number of hydrogen-bond acceptors (Lipinski definition) is 2. The van der Waals surface area contributed by atoms with Gasteiger partial charge in [0.25, 0.3) is 0 Å². The van der Waals surface area contributed by atoms with Gasteiger partial charge in [0.15, 0.2) is 0 Å². The molecular weight excluding hydrogens is 307 g/mol. The molecule has 1 saturated heterocycles. The first-order valence-electron chi connectivity index (χ1n) is 8.73. The standard InChI is InChI=1S/C22H25BO2/c1-21(2)22(3,4)25-23(24-21)20-16-10-14-19(15-11-17-20)18-12-8-6-5-7-9-13-18/h5-17H,1-4H3. The first-order chi connectivity index (χ1) is 11.9. The van der Waals surface area contributed by atoms with Gasteiger partial charge in [-0.15, -0.1) is 0 Å². The van der Waals surface area contributed by atoms with Crippen LogP contribution < -0.4 is 0 Å². The topological polar surface area (TPSA) is 18.5 Å². The van der Waals surface area contributed by atoms with Gasteiger partial charge in [-0.25, -0.2) is 0 Å². The minimum atomic E-state index is -0.338. The van der Waals surface area contributed by atoms with Crippen molar-refractivity contribution >= 4 is 7.12 Å². The highest BCUT2D eigenvalue weighted by atomic mass is 16.7. The van der Waals surface area contributed by atoms with E-state index in [9.17, 15) is 0 Å². The molecule has 1 fully saturated rings. The monoisotopic (exact) mass is 332 g/mol. The summed E-state index contributed by atoms with van der Waals surface area (Å²) in [6.45, 7) is 8.29. The summed E-state index contributed by atoms with van der Waals surface area (Å²) in [6, 6.07) is 0. The number of rotatable bonds is 2. The van der Waals surface area contributed by atoms with Crippen molar-refractivity contribution in [3.63, 3.8) is 0 Å². The highest BCUT2D eigenvalue weighted by Gasteiger charge is 2.51. The third kappa shape index (κ3) is 3.94. The largest absolute Gasteiger partial charge is 0.494 e. The van der Waals surface area contributed by atoms with Crippen LogP contribution in [-0.2, 0) is 9.31 Å². The Labute approximate surface area is 151 Å². The second kappa shape index (κ2) is 7.03. The Bertz CT molecular complexity index is 752. The van der Waals surface area contributed by atoms with Crippen molar-refractivity contribution in [2.24, 2.45) is 0 Å². The van der Waals surface area contributed by atoms with E-state index >= 15 is 0 Å². The van der Waals surface area contributed by atoms with Gasteiger partial charge in [0.1, 0.15) is 0 Å². The fourth-order valence-electron chi connectivity index (χ4n) is 2.72. The molecular formula is C22H25BO2. The maximum absolute atomic E-state index is 6.14. The zero-order valence-corrected chi connectivity index (χ0v) is 15.4. The van der Waals surface area contributed by atoms with Gasteiger partial charge in [-0.1, -0.05) is 79.0 Å². The molecule has 0 N–H and O–H groups in total. The Morgan fingerprint density at radius 1 is 0.600 bits per heavy atom. The molecule has 0 aromatic carbocycles. The molecule has 0 aromatic rings. The predicted octanol–water partition coefficient (Wildman–Crippen LogP) is 5.21. The Balaban J connectivity index is 1.78. The highest BCUT2D eigenvalue weighted by molar-refractivity contribution is 6.55. The second-order valence-electron chi connectivity index (χ2n) is 7.35. The van der Waals surface area contributed by atoms with Crippen molar-refractivity contribution in [3.05, 3.63) is 95.6 Å². The van der Waals surface area contributed by atoms with Gasteiger partial charge < -0.3 is 9.31 Å². The normalized spacial score (nSPS) is 24.2. The molecule has 0 saturated carbocycles. The Morgan fingerprint density at radius 2 is 1.12 bits per heavy atom. The lowest BCUT2D eigenvalue weighted by Crippen LogP contribution is -2.41. The summed E-state index contributed by atoms with van der Waals surface area (Å²) in [5.41, 5.74) is 2.71. The minimum absolute atomic E-state index is 0.326. The van der Waals surface area contributed by atoms with Crippen molar-refractivity contribution in [2.75, 3.05) is 0 Å². The van der Waals surface area contributed by atoms with Crippen LogP contribution in [0.15, 0.2) is 95.6 Å². The van der Waals surface area contributed by atoms with E-state index in [-0.39, 0.29) is 18.3 Å². The van der Waals surface area contributed by atoms with E-state index < -0.39 is 0 Å². The second-order valence-corrected chi connectivity index (χ2v) is 7.35. The quantitative estimate of drug-likeness (QED) is 0.647. The molecule has 0 spiro atoms. The molecule has 3 heteroatoms. The molecule has 25 heavy (non-hydrogen) atoms. The smallest absolute Gasteiger partial charge is 0.399 e. The summed E-state index contributed by atoms with van der Waals surface area (Å²) >= 11 is 0. The van der Waals surface area contributed by atoms with Crippen molar-refractivity contribution in [2.45, 2.75) is 38.9 Å². The van der Waals surface area contributed by atoms with Gasteiger partial charge in [0.2, 0.25) is 0 Å². The molecule has 0 amide bonds. The molecule has 2 aliphatic carbocycles. The van der Waals surface area contributed by atoms with Crippen LogP contribution >= 0.6 is 0 Å². The lowest BCUT2D eigenvalue weighted by atomic mass is 9.77. The van der Waals surface area contributed by atoms with Crippen LogP contribution in [0.4, 0.5) is 0 Å². The van der Waals surface area contributed by atoms with Crippen LogP contribution in [0, 0.1) is 0 Å². The van der Waals surface area contributed by atoms with Gasteiger partial charge >= 0.3 is 7.12 Å². The summed E-state index contributed by atoms with van der Waals surface area (Å²) < 4.78 is 12.3. The van der Waals surface area contributed by atoms with Crippen molar-refractivity contribution in [3.8, 4) is 0 Å². The highest BCUT2D eigenvalue weighted by Crippen LogP contribution is 2.38. The zero-order chi connectivity index (χ0) is 17.9. The maximum atomic E-state index is 6.14. The fraction of sp³-hybridized carbons (Fsp3) is 0.273. The molecule has 0 radical (unpaired) electrons. The van der Waals surface area contributed by atoms with Crippen LogP contribution in [0.2, 0.25) is 0 Å². The van der Waals surface area contributed by atoms with Crippen molar-refractivity contribution in [1.82, 2.24) is 0 Å². The van der Waals surface area contributed by atoms with Gasteiger partial charge in [-0.05, 0) is 44.3 Å². The summed E-state index contributed by atoms with van der Waals surface area (Å²) in [7, 11) is -0.338. The predicted molar refractivity (Wildman–Crippen MR) is 106 cm³/mol. The summed E-state index contributed by atoms with van der Waals surface area (Å²) in [6.07, 6.45) is 26.9. The summed E-state index contributed by atoms with van der Waals surface area (Å²) in [5.74, 6) is 0. The number of hydrogen-bond donors (Lipinski definition) is 0. The maximum Gasteiger partial charge on any atom is 0.494 e. The van der Waals surface area contributed by atoms with Crippen molar-refractivity contribution in [1.29, 1.82) is 0 Å². The molecule has 3 rings (SSSR count). The van der Waals surface area contributed by atoms with E-state index in [2.05, 4.69) is 88.5 Å². The van der Waals surface area contributed by atoms with E-state index in [0.29, 0.717) is 0 Å². The van der Waals surface area contributed by atoms with Crippen LogP contribution in [0.25, 0.3) is 0 Å². The molecule has 0 aromatic heterocycles. The van der Waals surface area contributed by atoms with E-state index in [4.69, 9.17) is 9.31 Å². The average Bonchev–Trinajstić information content (AvgIpc) is 2.68. The van der Waals surface area contributed by atoms with Gasteiger partial charge in [-0.3, -0.25) is 0 Å². The van der Waals surface area contributed by atoms with E-state index in [1.165, 1.54) is 5.57 Å². The van der Waals surface area contributed by atoms with E-state index in [1.807, 2.05) is 18.2 Å². The SMILES string of the molecule is CC1(C)OB(C2=CC=CC(C3=CC=CC=CC=C3)=CC=C2)OC1(C)C. The third-order valence-electron chi connectivity index (χ3n) is 4.98. The Hall–Kier alpha value is -2.10. The molecule has 1 heterocycles. The Morgan fingerprint density at radius 3 is 1.84 bits per heavy atom. The van der Waals surface area contributed by atoms with Gasteiger partial charge in [-0.2, -0.15) is 0 Å². The molecule has 0 atom stereocenters. The minimum Gasteiger partial charge on any atom is -0.399 e. The molecule has 128 valence electrons. The van der Waals surface area contributed by atoms with E-state index in [0.717, 1.165) is 11.0 Å². The van der Waals surface area contributed by atoms with Gasteiger partial charge in [0.05, 0.1) is 11.2 Å². The van der Waals surface area contributed by atoms with E-state index in [1.54, 1.807) is 0 Å². The fourth-order valence-corrected chi connectivity index (χ4v) is 2.72. The first-order valence-corrected chi connectivity index (χ1v) is 8.73. The van der Waals surface area contributed by atoms with Crippen LogP contribution in [0.1, 0.15) is 27.7 Å². The lowest BCUT2D eigenvalue weighted by molar-refractivity contribution is 0.00578. The average molecular weight is 332 g/mol. The molecule has 1 aliphatic heterocycles. The Kier molecular flexibility index (Phi) is 4.98. The van der Waals surface area contributed by atoms with Crippen LogP contribution in [0.5, 0.6) is 0 Å². The van der Waals surface area contributed by atoms with Crippen LogP contribution in [0.3, 0.4) is 0 Å². The lowest BCUT2D eigenvalue weighted by Gasteiger charge is -2.32. The van der Waals surface area contributed by atoms with Gasteiger partial charge in [0, 0.05) is 0 Å². The number of allylic oxidation sites excluding steroid dienone is 16. The van der Waals surface area contributed by atoms with Crippen LogP contribution in [-0.4, -0.2) is 18.3 Å². The summed E-state index contributed by atoms with van der Waals surface area (Å²) in [5, 5.41) is 0. The van der Waals surface area contributed by atoms with Crippen molar-refractivity contribution < 1.29 is 9.31 Å². The first kappa shape index (κ1) is 17.7. The summed E-state index contributed by atoms with van der Waals surface area (Å²) in [4.78, 5) is 0. The molecule has 0 unspecified atom stereocenters. The molecule has 0 bridgehead atoms.